The predicted octanol–water partition coefficient (Wildman–Crippen LogP) is 3.10. The number of rotatable bonds is 6. The Morgan fingerprint density at radius 3 is 2.55 bits per heavy atom. The van der Waals surface area contributed by atoms with Gasteiger partial charge >= 0.3 is 0 Å². The van der Waals surface area contributed by atoms with Crippen LogP contribution in [-0.4, -0.2) is 95.3 Å². The Kier molecular flexibility index (Phi) is 7.32. The molecule has 0 aliphatic carbocycles. The maximum absolute atomic E-state index is 13.6. The number of carbonyl (C=O) groups excluding carboxylic acids is 1. The second kappa shape index (κ2) is 11.2. The third kappa shape index (κ3) is 5.10. The molecular formula is C28H34N8O4. The first-order chi connectivity index (χ1) is 19.5. The highest BCUT2D eigenvalue weighted by atomic mass is 16.6. The number of H-pyrrole nitrogens is 1. The summed E-state index contributed by atoms with van der Waals surface area (Å²) in [4.78, 5) is 30.3. The van der Waals surface area contributed by atoms with E-state index in [1.807, 2.05) is 18.7 Å². The number of nitrogens with zero attached hydrogens (tertiary/aromatic N) is 5. The minimum Gasteiger partial charge on any atom is -0.485 e. The molecule has 3 aromatic rings. The van der Waals surface area contributed by atoms with Crippen molar-refractivity contribution in [1.29, 1.82) is 5.26 Å². The van der Waals surface area contributed by atoms with Crippen LogP contribution < -0.4 is 20.1 Å². The van der Waals surface area contributed by atoms with Crippen LogP contribution in [-0.2, 0) is 4.74 Å². The predicted molar refractivity (Wildman–Crippen MR) is 149 cm³/mol. The molecule has 3 N–H and O–H groups in total. The van der Waals surface area contributed by atoms with Crippen molar-refractivity contribution < 1.29 is 19.0 Å². The number of anilines is 3. The van der Waals surface area contributed by atoms with Crippen LogP contribution in [0.15, 0.2) is 18.3 Å². The second-order valence-electron chi connectivity index (χ2n) is 10.5. The van der Waals surface area contributed by atoms with E-state index in [0.717, 1.165) is 39.1 Å². The number of morpholine rings is 1. The van der Waals surface area contributed by atoms with Gasteiger partial charge in [-0.2, -0.15) is 15.2 Å². The first-order valence-electron chi connectivity index (χ1n) is 13.9. The summed E-state index contributed by atoms with van der Waals surface area (Å²) in [6.07, 6.45) is 3.52. The minimum absolute atomic E-state index is 0.0507. The van der Waals surface area contributed by atoms with Gasteiger partial charge in [0.2, 0.25) is 5.95 Å². The third-order valence-electron chi connectivity index (χ3n) is 7.56. The van der Waals surface area contributed by atoms with Gasteiger partial charge in [-0.3, -0.25) is 9.69 Å². The van der Waals surface area contributed by atoms with Crippen LogP contribution in [0.4, 0.5) is 17.5 Å². The number of amides is 1. The Balaban J connectivity index is 1.24. The molecule has 2 fully saturated rings. The Morgan fingerprint density at radius 2 is 1.82 bits per heavy atom. The fourth-order valence-electron chi connectivity index (χ4n) is 5.63. The van der Waals surface area contributed by atoms with Crippen molar-refractivity contribution in [3.8, 4) is 17.6 Å². The summed E-state index contributed by atoms with van der Waals surface area (Å²) in [6.45, 7) is 9.62. The molecule has 0 atom stereocenters. The molecule has 6 rings (SSSR count). The molecule has 0 saturated carbocycles. The summed E-state index contributed by atoms with van der Waals surface area (Å²) < 4.78 is 17.5. The molecule has 2 saturated heterocycles. The van der Waals surface area contributed by atoms with Crippen LogP contribution in [0.2, 0.25) is 0 Å². The summed E-state index contributed by atoms with van der Waals surface area (Å²) >= 11 is 0. The third-order valence-corrected chi connectivity index (χ3v) is 7.56. The zero-order valence-corrected chi connectivity index (χ0v) is 22.8. The Morgan fingerprint density at radius 1 is 1.07 bits per heavy atom. The lowest BCUT2D eigenvalue weighted by Crippen LogP contribution is -2.50. The van der Waals surface area contributed by atoms with Crippen molar-refractivity contribution >= 4 is 34.4 Å². The number of piperidine rings is 1. The van der Waals surface area contributed by atoms with E-state index in [0.29, 0.717) is 83.5 Å². The number of nitrogens with one attached hydrogen (secondary N) is 3. The molecule has 1 aromatic carbocycles. The van der Waals surface area contributed by atoms with E-state index in [9.17, 15) is 10.1 Å². The number of hydrogen-bond donors (Lipinski definition) is 3. The van der Waals surface area contributed by atoms with E-state index in [1.165, 1.54) is 0 Å². The zero-order chi connectivity index (χ0) is 27.6. The maximum atomic E-state index is 13.6. The largest absolute Gasteiger partial charge is 0.485 e. The first-order valence-corrected chi connectivity index (χ1v) is 13.9. The van der Waals surface area contributed by atoms with E-state index in [4.69, 9.17) is 14.2 Å². The topological polar surface area (TPSA) is 141 Å². The van der Waals surface area contributed by atoms with E-state index >= 15 is 0 Å². The van der Waals surface area contributed by atoms with Gasteiger partial charge in [-0.1, -0.05) is 0 Å². The average molecular weight is 547 g/mol. The van der Waals surface area contributed by atoms with Crippen LogP contribution in [0.3, 0.4) is 0 Å². The molecule has 210 valence electrons. The van der Waals surface area contributed by atoms with Crippen molar-refractivity contribution in [1.82, 2.24) is 24.8 Å². The molecule has 3 aliphatic rings. The van der Waals surface area contributed by atoms with Crippen molar-refractivity contribution in [3.05, 3.63) is 29.5 Å². The van der Waals surface area contributed by atoms with Crippen LogP contribution in [0.1, 0.15) is 42.6 Å². The lowest BCUT2D eigenvalue weighted by atomic mass is 10.0. The van der Waals surface area contributed by atoms with E-state index in [2.05, 4.69) is 36.6 Å². The highest BCUT2D eigenvalue weighted by Crippen LogP contribution is 2.42. The van der Waals surface area contributed by atoms with Gasteiger partial charge in [-0.25, -0.2) is 0 Å². The lowest BCUT2D eigenvalue weighted by molar-refractivity contribution is 0.00152. The second-order valence-corrected chi connectivity index (χ2v) is 10.5. The summed E-state index contributed by atoms with van der Waals surface area (Å²) in [7, 11) is 0. The van der Waals surface area contributed by atoms with Gasteiger partial charge in [0.1, 0.15) is 30.7 Å². The van der Waals surface area contributed by atoms with E-state index < -0.39 is 0 Å². The molecule has 40 heavy (non-hydrogen) atoms. The van der Waals surface area contributed by atoms with Crippen LogP contribution in [0.5, 0.6) is 11.5 Å². The number of likely N-dealkylation sites (tertiary alicyclic amines) is 1. The average Bonchev–Trinajstić information content (AvgIpc) is 3.41. The number of benzene rings is 1. The van der Waals surface area contributed by atoms with Crippen LogP contribution in [0, 0.1) is 11.3 Å². The Bertz CT molecular complexity index is 1430. The fraction of sp³-hybridized carbons (Fsp3) is 0.500. The van der Waals surface area contributed by atoms with Crippen molar-refractivity contribution in [3.63, 3.8) is 0 Å². The molecule has 0 radical (unpaired) electrons. The number of ether oxygens (including phenoxy) is 3. The molecule has 0 unspecified atom stereocenters. The number of nitriles is 1. The summed E-state index contributed by atoms with van der Waals surface area (Å²) in [5, 5.41) is 16.7. The quantitative estimate of drug-likeness (QED) is 0.422. The number of hydrogen-bond acceptors (Lipinski definition) is 10. The molecule has 0 bridgehead atoms. The van der Waals surface area contributed by atoms with Crippen molar-refractivity contribution in [2.45, 2.75) is 38.8 Å². The first kappa shape index (κ1) is 26.2. The van der Waals surface area contributed by atoms with Gasteiger partial charge in [0.15, 0.2) is 11.5 Å². The fourth-order valence-corrected chi connectivity index (χ4v) is 5.63. The van der Waals surface area contributed by atoms with Crippen molar-refractivity contribution in [2.75, 3.05) is 63.2 Å². The van der Waals surface area contributed by atoms with Gasteiger partial charge in [0, 0.05) is 44.5 Å². The molecule has 5 heterocycles. The Labute approximate surface area is 232 Å². The molecule has 0 spiro atoms. The standard InChI is InChI=1S/C28H34N8O4/c1-17(2)31-26-22-18(15-29)16-30-25(22)33-28(34-26)32-21-4-3-20(23-24(21)40-14-13-39-23)27(37)36-7-5-19(6-8-36)35-9-11-38-12-10-35/h3-4,16-17,19H,5-14H2,1-2H3,(H3,30,31,32,33,34). The molecule has 2 aromatic heterocycles. The summed E-state index contributed by atoms with van der Waals surface area (Å²) in [5.74, 6) is 1.72. The summed E-state index contributed by atoms with van der Waals surface area (Å²) in [6, 6.07) is 6.36. The van der Waals surface area contributed by atoms with E-state index in [-0.39, 0.29) is 11.9 Å². The van der Waals surface area contributed by atoms with Crippen molar-refractivity contribution in [2.24, 2.45) is 0 Å². The molecule has 3 aliphatic heterocycles. The number of carbonyl (C=O) groups is 1. The number of fused-ring (bicyclic) bond motifs is 2. The molecule has 1 amide bonds. The van der Waals surface area contributed by atoms with E-state index in [1.54, 1.807) is 18.3 Å². The molecular weight excluding hydrogens is 512 g/mol. The monoisotopic (exact) mass is 546 g/mol. The Hall–Kier alpha value is -4.08. The van der Waals surface area contributed by atoms with Crippen LogP contribution in [0.25, 0.3) is 11.0 Å². The molecule has 12 heteroatoms. The van der Waals surface area contributed by atoms with Gasteiger partial charge in [-0.15, -0.1) is 0 Å². The highest BCUT2D eigenvalue weighted by molar-refractivity contribution is 5.99. The SMILES string of the molecule is CC(C)Nc1nc(Nc2ccc(C(=O)N3CCC(N4CCOCC4)CC3)c3c2OCCO3)nc2[nH]cc(C#N)c12. The summed E-state index contributed by atoms with van der Waals surface area (Å²) in [5.41, 5.74) is 2.09. The smallest absolute Gasteiger partial charge is 0.257 e. The zero-order valence-electron chi connectivity index (χ0n) is 22.8. The normalized spacial score (nSPS) is 18.1. The van der Waals surface area contributed by atoms with Gasteiger partial charge in [0.05, 0.1) is 35.4 Å². The molecule has 12 nitrogen and oxygen atoms in total. The van der Waals surface area contributed by atoms with Crippen LogP contribution >= 0.6 is 0 Å². The lowest BCUT2D eigenvalue weighted by Gasteiger charge is -2.40. The minimum atomic E-state index is -0.0507. The number of aromatic nitrogens is 3. The maximum Gasteiger partial charge on any atom is 0.257 e. The van der Waals surface area contributed by atoms with Gasteiger partial charge in [0.25, 0.3) is 5.91 Å². The number of aromatic amines is 1. The highest BCUT2D eigenvalue weighted by Gasteiger charge is 2.31. The van der Waals surface area contributed by atoms with Gasteiger partial charge in [-0.05, 0) is 38.8 Å². The van der Waals surface area contributed by atoms with Gasteiger partial charge < -0.3 is 34.7 Å².